The number of fused-ring (bicyclic) bond motifs is 1. The van der Waals surface area contributed by atoms with Gasteiger partial charge in [0.2, 0.25) is 0 Å². The largest absolute Gasteiger partial charge is 0.486 e. The minimum absolute atomic E-state index is 0.311. The van der Waals surface area contributed by atoms with Crippen molar-refractivity contribution in [3.05, 3.63) is 22.7 Å². The van der Waals surface area contributed by atoms with Crippen LogP contribution in [0.1, 0.15) is 37.3 Å². The van der Waals surface area contributed by atoms with Gasteiger partial charge in [0.15, 0.2) is 11.5 Å². The van der Waals surface area contributed by atoms with Gasteiger partial charge < -0.3 is 14.8 Å². The second-order valence-corrected chi connectivity index (χ2v) is 5.74. The average Bonchev–Trinajstić information content (AvgIpc) is 2.94. The molecule has 0 bridgehead atoms. The quantitative estimate of drug-likeness (QED) is 0.919. The van der Waals surface area contributed by atoms with E-state index in [1.54, 1.807) is 0 Å². The van der Waals surface area contributed by atoms with E-state index < -0.39 is 0 Å². The highest BCUT2D eigenvalue weighted by Gasteiger charge is 2.28. The topological polar surface area (TPSA) is 30.5 Å². The van der Waals surface area contributed by atoms with Crippen molar-refractivity contribution in [3.63, 3.8) is 0 Å². The lowest BCUT2D eigenvalue weighted by Gasteiger charge is -2.27. The van der Waals surface area contributed by atoms with Crippen LogP contribution in [0.5, 0.6) is 11.5 Å². The van der Waals surface area contributed by atoms with Crippen LogP contribution in [0.4, 0.5) is 0 Å². The van der Waals surface area contributed by atoms with Gasteiger partial charge in [-0.2, -0.15) is 0 Å². The van der Waals surface area contributed by atoms with Gasteiger partial charge in [-0.15, -0.1) is 0 Å². The minimum atomic E-state index is 0.311. The normalized spacial score (nSPS) is 20.5. The van der Waals surface area contributed by atoms with Gasteiger partial charge in [0.25, 0.3) is 0 Å². The minimum Gasteiger partial charge on any atom is -0.486 e. The van der Waals surface area contributed by atoms with Crippen LogP contribution >= 0.6 is 11.6 Å². The van der Waals surface area contributed by atoms with Crippen LogP contribution in [-0.2, 0) is 0 Å². The van der Waals surface area contributed by atoms with Crippen LogP contribution in [-0.4, -0.2) is 20.3 Å². The molecule has 3 rings (SSSR count). The van der Waals surface area contributed by atoms with Gasteiger partial charge in [-0.3, -0.25) is 0 Å². The maximum Gasteiger partial charge on any atom is 0.162 e. The summed E-state index contributed by atoms with van der Waals surface area (Å²) in [5, 5.41) is 4.20. The molecule has 1 atom stereocenters. The van der Waals surface area contributed by atoms with E-state index in [9.17, 15) is 0 Å². The molecule has 1 saturated carbocycles. The molecule has 1 aromatic carbocycles. The second-order valence-electron chi connectivity index (χ2n) is 5.33. The lowest BCUT2D eigenvalue weighted by molar-refractivity contribution is 0.171. The first-order valence-electron chi connectivity index (χ1n) is 7.06. The van der Waals surface area contributed by atoms with Gasteiger partial charge in [0.05, 0.1) is 0 Å². The Hall–Kier alpha value is -0.930. The lowest BCUT2D eigenvalue weighted by atomic mass is 9.91. The zero-order valence-electron chi connectivity index (χ0n) is 11.2. The zero-order chi connectivity index (χ0) is 13.2. The summed E-state index contributed by atoms with van der Waals surface area (Å²) in [6.07, 6.45) is 5.20. The van der Waals surface area contributed by atoms with Gasteiger partial charge in [-0.1, -0.05) is 24.4 Å². The Morgan fingerprint density at radius 1 is 1.16 bits per heavy atom. The Kier molecular flexibility index (Phi) is 3.85. The summed E-state index contributed by atoms with van der Waals surface area (Å²) < 4.78 is 11.2. The summed E-state index contributed by atoms with van der Waals surface area (Å²) in [6, 6.07) is 4.26. The Bertz CT molecular complexity index is 458. The van der Waals surface area contributed by atoms with Crippen molar-refractivity contribution < 1.29 is 9.47 Å². The van der Waals surface area contributed by atoms with Gasteiger partial charge in [0.1, 0.15) is 13.2 Å². The summed E-state index contributed by atoms with van der Waals surface area (Å²) in [7, 11) is 2.01. The smallest absolute Gasteiger partial charge is 0.162 e. The molecule has 0 saturated heterocycles. The molecule has 1 N–H and O–H groups in total. The SMILES string of the molecule is CNC(c1cc2c(cc1Cl)OCCO2)C1CCCC1. The van der Waals surface area contributed by atoms with Crippen molar-refractivity contribution >= 4 is 11.6 Å². The van der Waals surface area contributed by atoms with Crippen molar-refractivity contribution in [3.8, 4) is 11.5 Å². The van der Waals surface area contributed by atoms with Crippen molar-refractivity contribution in [1.29, 1.82) is 0 Å². The Morgan fingerprint density at radius 3 is 2.42 bits per heavy atom. The first-order valence-corrected chi connectivity index (χ1v) is 7.43. The van der Waals surface area contributed by atoms with Crippen LogP contribution in [0, 0.1) is 5.92 Å². The molecule has 1 aliphatic heterocycles. The number of rotatable bonds is 3. The van der Waals surface area contributed by atoms with E-state index in [2.05, 4.69) is 11.4 Å². The van der Waals surface area contributed by atoms with E-state index in [-0.39, 0.29) is 0 Å². The number of hydrogen-bond donors (Lipinski definition) is 1. The summed E-state index contributed by atoms with van der Waals surface area (Å²) in [6.45, 7) is 1.21. The molecule has 1 heterocycles. The Balaban J connectivity index is 1.93. The van der Waals surface area contributed by atoms with Crippen molar-refractivity contribution in [1.82, 2.24) is 5.32 Å². The van der Waals surface area contributed by atoms with E-state index in [0.29, 0.717) is 25.2 Å². The fourth-order valence-corrected chi connectivity index (χ4v) is 3.53. The Morgan fingerprint density at radius 2 is 1.79 bits per heavy atom. The first kappa shape index (κ1) is 13.1. The van der Waals surface area contributed by atoms with Crippen LogP contribution in [0.25, 0.3) is 0 Å². The predicted octanol–water partition coefficient (Wildman–Crippen LogP) is 3.56. The fraction of sp³-hybridized carbons (Fsp3) is 0.600. The molecule has 0 spiro atoms. The van der Waals surface area contributed by atoms with Crippen LogP contribution in [0.2, 0.25) is 5.02 Å². The number of halogens is 1. The molecular weight excluding hydrogens is 262 g/mol. The standard InChI is InChI=1S/C15H20ClNO2/c1-17-15(10-4-2-3-5-10)11-8-13-14(9-12(11)16)19-7-6-18-13/h8-10,15,17H,2-7H2,1H3. The molecule has 1 aromatic rings. The van der Waals surface area contributed by atoms with E-state index in [4.69, 9.17) is 21.1 Å². The summed E-state index contributed by atoms with van der Waals surface area (Å²) in [5.41, 5.74) is 1.14. The van der Waals surface area contributed by atoms with Crippen molar-refractivity contribution in [2.24, 2.45) is 5.92 Å². The van der Waals surface area contributed by atoms with E-state index >= 15 is 0 Å². The average molecular weight is 282 g/mol. The van der Waals surface area contributed by atoms with Gasteiger partial charge >= 0.3 is 0 Å². The molecule has 1 aliphatic carbocycles. The molecule has 2 aliphatic rings. The molecule has 4 heteroatoms. The number of ether oxygens (including phenoxy) is 2. The number of nitrogens with one attached hydrogen (secondary N) is 1. The summed E-state index contributed by atoms with van der Waals surface area (Å²) in [5.74, 6) is 2.26. The highest BCUT2D eigenvalue weighted by Crippen LogP contribution is 2.42. The van der Waals surface area contributed by atoms with E-state index in [1.165, 1.54) is 25.7 Å². The fourth-order valence-electron chi connectivity index (χ4n) is 3.25. The van der Waals surface area contributed by atoms with E-state index in [0.717, 1.165) is 22.1 Å². The van der Waals surface area contributed by atoms with Crippen LogP contribution < -0.4 is 14.8 Å². The second kappa shape index (κ2) is 5.59. The maximum absolute atomic E-state index is 6.44. The number of hydrogen-bond acceptors (Lipinski definition) is 3. The van der Waals surface area contributed by atoms with Gasteiger partial charge in [-0.05, 0) is 37.4 Å². The molecule has 0 radical (unpaired) electrons. The highest BCUT2D eigenvalue weighted by molar-refractivity contribution is 6.31. The monoisotopic (exact) mass is 281 g/mol. The highest BCUT2D eigenvalue weighted by atomic mass is 35.5. The molecule has 0 aromatic heterocycles. The summed E-state index contributed by atoms with van der Waals surface area (Å²) in [4.78, 5) is 0. The third-order valence-electron chi connectivity index (χ3n) is 4.18. The molecule has 1 unspecified atom stereocenters. The molecule has 1 fully saturated rings. The van der Waals surface area contributed by atoms with Crippen LogP contribution in [0.15, 0.2) is 12.1 Å². The molecule has 104 valence electrons. The molecule has 0 amide bonds. The third kappa shape index (κ3) is 2.54. The number of benzene rings is 1. The molecule has 3 nitrogen and oxygen atoms in total. The van der Waals surface area contributed by atoms with Crippen molar-refractivity contribution in [2.75, 3.05) is 20.3 Å². The van der Waals surface area contributed by atoms with Gasteiger partial charge in [0, 0.05) is 17.1 Å². The van der Waals surface area contributed by atoms with E-state index in [1.807, 2.05) is 13.1 Å². The zero-order valence-corrected chi connectivity index (χ0v) is 12.0. The van der Waals surface area contributed by atoms with Crippen LogP contribution in [0.3, 0.4) is 0 Å². The van der Waals surface area contributed by atoms with Crippen molar-refractivity contribution in [2.45, 2.75) is 31.7 Å². The summed E-state index contributed by atoms with van der Waals surface area (Å²) >= 11 is 6.44. The first-order chi connectivity index (χ1) is 9.29. The Labute approximate surface area is 119 Å². The molecular formula is C15H20ClNO2. The lowest BCUT2D eigenvalue weighted by Crippen LogP contribution is -2.24. The van der Waals surface area contributed by atoms with Gasteiger partial charge in [-0.25, -0.2) is 0 Å². The maximum atomic E-state index is 6.44. The third-order valence-corrected chi connectivity index (χ3v) is 4.51. The predicted molar refractivity (Wildman–Crippen MR) is 76.2 cm³/mol. The molecule has 19 heavy (non-hydrogen) atoms.